The van der Waals surface area contributed by atoms with Gasteiger partial charge in [0.2, 0.25) is 0 Å². The SMILES string of the molecule is C[C@@H]1O[C@H](O[C@H]2CC[C@]3(CO)[C@@H]4[C@@H](CC[C@]3(O)C2)[C@@]2(O)CC[C@@H](C3=CC(=O)OC3)[C@@]2(C)C[C@@H]4O)[C@H](O)[C@H](O)[C@H]1O. The Balaban J connectivity index is 1.25. The number of aliphatic hydroxyl groups is 7. The van der Waals surface area contributed by atoms with Crippen LogP contribution < -0.4 is 0 Å². The number of rotatable bonds is 4. The van der Waals surface area contributed by atoms with Crippen molar-refractivity contribution < 1.29 is 54.8 Å². The number of hydrogen-bond acceptors (Lipinski definition) is 11. The monoisotopic (exact) mass is 568 g/mol. The van der Waals surface area contributed by atoms with E-state index in [0.29, 0.717) is 38.5 Å². The largest absolute Gasteiger partial charge is 0.458 e. The van der Waals surface area contributed by atoms with Crippen molar-refractivity contribution in [3.8, 4) is 0 Å². The summed E-state index contributed by atoms with van der Waals surface area (Å²) in [4.78, 5) is 11.8. The number of hydrogen-bond donors (Lipinski definition) is 7. The third-order valence-electron chi connectivity index (χ3n) is 12.1. The van der Waals surface area contributed by atoms with E-state index in [-0.39, 0.29) is 43.9 Å². The minimum Gasteiger partial charge on any atom is -0.458 e. The third-order valence-corrected chi connectivity index (χ3v) is 12.1. The molecule has 2 aliphatic heterocycles. The van der Waals surface area contributed by atoms with Crippen LogP contribution >= 0.6 is 0 Å². The molecule has 7 N–H and O–H groups in total. The fourth-order valence-corrected chi connectivity index (χ4v) is 10.0. The van der Waals surface area contributed by atoms with Gasteiger partial charge in [0.25, 0.3) is 0 Å². The molecule has 0 aromatic heterocycles. The minimum absolute atomic E-state index is 0.104. The molecule has 4 saturated carbocycles. The first-order chi connectivity index (χ1) is 18.8. The molecule has 40 heavy (non-hydrogen) atoms. The van der Waals surface area contributed by atoms with Gasteiger partial charge in [-0.05, 0) is 69.3 Å². The maximum atomic E-state index is 12.4. The van der Waals surface area contributed by atoms with Gasteiger partial charge in [0.15, 0.2) is 6.29 Å². The molecule has 11 heteroatoms. The molecule has 0 amide bonds. The van der Waals surface area contributed by atoms with Crippen LogP contribution in [0.5, 0.6) is 0 Å². The first-order valence-corrected chi connectivity index (χ1v) is 14.8. The van der Waals surface area contributed by atoms with E-state index in [4.69, 9.17) is 14.2 Å². The van der Waals surface area contributed by atoms with Gasteiger partial charge in [0, 0.05) is 29.2 Å². The molecule has 2 heterocycles. The molecule has 0 radical (unpaired) electrons. The van der Waals surface area contributed by atoms with Crippen molar-refractivity contribution in [3.05, 3.63) is 11.6 Å². The Hall–Kier alpha value is -1.15. The van der Waals surface area contributed by atoms with Crippen molar-refractivity contribution in [2.45, 2.75) is 119 Å². The number of fused-ring (bicyclic) bond motifs is 5. The third kappa shape index (κ3) is 3.85. The maximum Gasteiger partial charge on any atom is 0.331 e. The van der Waals surface area contributed by atoms with Crippen LogP contribution in [-0.2, 0) is 19.0 Å². The molecule has 14 atom stereocenters. The Morgan fingerprint density at radius 1 is 1.00 bits per heavy atom. The Morgan fingerprint density at radius 2 is 1.75 bits per heavy atom. The summed E-state index contributed by atoms with van der Waals surface area (Å²) in [6, 6.07) is 0. The lowest BCUT2D eigenvalue weighted by Gasteiger charge is -2.67. The lowest BCUT2D eigenvalue weighted by Crippen LogP contribution is -2.72. The zero-order chi connectivity index (χ0) is 28.8. The molecule has 0 unspecified atom stereocenters. The van der Waals surface area contributed by atoms with Crippen LogP contribution in [0.4, 0.5) is 0 Å². The summed E-state index contributed by atoms with van der Waals surface area (Å²) < 4.78 is 16.8. The Labute approximate surface area is 233 Å². The van der Waals surface area contributed by atoms with E-state index in [1.807, 2.05) is 6.92 Å². The van der Waals surface area contributed by atoms with Crippen molar-refractivity contribution in [1.82, 2.24) is 0 Å². The number of ether oxygens (including phenoxy) is 3. The standard InChI is InChI=1S/C29H44O11/c1-14-22(33)23(34)24(35)25(39-14)40-16-3-6-27(13-30)21-18(4-7-28(27,36)10-16)29(37)8-5-17(15-9-20(32)38-12-15)26(29,2)11-19(21)31/h9,14,16-19,21-25,30-31,33-37H,3-8,10-13H2,1-2H3/t14-,16-,17-,18+,19-,21+,22-,23+,24+,25+,26+,27-,28-,29-/m0/s1. The van der Waals surface area contributed by atoms with Gasteiger partial charge in [-0.1, -0.05) is 6.92 Å². The van der Waals surface area contributed by atoms with Gasteiger partial charge in [-0.15, -0.1) is 0 Å². The molecule has 0 spiro atoms. The van der Waals surface area contributed by atoms with Crippen LogP contribution in [0.25, 0.3) is 0 Å². The van der Waals surface area contributed by atoms with Crippen LogP contribution in [0, 0.1) is 28.6 Å². The highest BCUT2D eigenvalue weighted by Crippen LogP contribution is 2.70. The van der Waals surface area contributed by atoms with Crippen molar-refractivity contribution in [2.75, 3.05) is 13.2 Å². The Morgan fingerprint density at radius 3 is 2.42 bits per heavy atom. The van der Waals surface area contributed by atoms with Gasteiger partial charge in [0.1, 0.15) is 24.9 Å². The van der Waals surface area contributed by atoms with E-state index in [2.05, 4.69) is 0 Å². The Bertz CT molecular complexity index is 1050. The van der Waals surface area contributed by atoms with Gasteiger partial charge in [-0.25, -0.2) is 4.79 Å². The number of carbonyl (C=O) groups excluding carboxylic acids is 1. The quantitative estimate of drug-likeness (QED) is 0.171. The summed E-state index contributed by atoms with van der Waals surface area (Å²) in [6.45, 7) is 3.41. The molecule has 0 aromatic rings. The lowest BCUT2D eigenvalue weighted by molar-refractivity contribution is -0.327. The number of carbonyl (C=O) groups is 1. The van der Waals surface area contributed by atoms with Crippen molar-refractivity contribution in [2.24, 2.45) is 28.6 Å². The van der Waals surface area contributed by atoms with Gasteiger partial charge >= 0.3 is 5.97 Å². The van der Waals surface area contributed by atoms with Gasteiger partial charge < -0.3 is 50.0 Å². The normalized spacial score (nSPS) is 56.1. The van der Waals surface area contributed by atoms with Crippen LogP contribution in [0.15, 0.2) is 11.6 Å². The molecule has 5 fully saturated rings. The first-order valence-electron chi connectivity index (χ1n) is 14.8. The zero-order valence-electron chi connectivity index (χ0n) is 23.2. The van der Waals surface area contributed by atoms with E-state index in [1.54, 1.807) is 6.92 Å². The van der Waals surface area contributed by atoms with Crippen LogP contribution in [0.1, 0.15) is 65.2 Å². The topological polar surface area (TPSA) is 186 Å². The highest BCUT2D eigenvalue weighted by atomic mass is 16.7. The molecule has 6 aliphatic rings. The summed E-state index contributed by atoms with van der Waals surface area (Å²) in [5, 5.41) is 77.8. The predicted octanol–water partition coefficient (Wildman–Crippen LogP) is -0.486. The average molecular weight is 569 g/mol. The summed E-state index contributed by atoms with van der Waals surface area (Å²) >= 11 is 0. The van der Waals surface area contributed by atoms with Crippen molar-refractivity contribution >= 4 is 5.97 Å². The second-order valence-electron chi connectivity index (χ2n) is 13.7. The van der Waals surface area contributed by atoms with E-state index in [1.165, 1.54) is 6.08 Å². The van der Waals surface area contributed by atoms with E-state index < -0.39 is 70.9 Å². The molecule has 6 rings (SSSR count). The van der Waals surface area contributed by atoms with E-state index >= 15 is 0 Å². The van der Waals surface area contributed by atoms with Crippen LogP contribution in [0.3, 0.4) is 0 Å². The number of cyclic esters (lactones) is 1. The molecule has 0 aromatic carbocycles. The van der Waals surface area contributed by atoms with E-state index in [0.717, 1.165) is 5.57 Å². The van der Waals surface area contributed by atoms with Crippen molar-refractivity contribution in [3.63, 3.8) is 0 Å². The second kappa shape index (κ2) is 9.68. The minimum atomic E-state index is -1.46. The molecular weight excluding hydrogens is 524 g/mol. The van der Waals surface area contributed by atoms with Gasteiger partial charge in [0.05, 0.1) is 36.1 Å². The molecular formula is C29H44O11. The van der Waals surface area contributed by atoms with Crippen LogP contribution in [0.2, 0.25) is 0 Å². The maximum absolute atomic E-state index is 12.4. The highest BCUT2D eigenvalue weighted by Gasteiger charge is 2.73. The zero-order valence-corrected chi connectivity index (χ0v) is 23.2. The molecule has 11 nitrogen and oxygen atoms in total. The fourth-order valence-electron chi connectivity index (χ4n) is 10.0. The predicted molar refractivity (Wildman–Crippen MR) is 137 cm³/mol. The molecule has 4 aliphatic carbocycles. The summed E-state index contributed by atoms with van der Waals surface area (Å²) in [6.07, 6.45) is -2.94. The van der Waals surface area contributed by atoms with Gasteiger partial charge in [-0.3, -0.25) is 0 Å². The average Bonchev–Trinajstić information content (AvgIpc) is 3.45. The van der Waals surface area contributed by atoms with Gasteiger partial charge in [-0.2, -0.15) is 0 Å². The Kier molecular flexibility index (Phi) is 7.01. The second-order valence-corrected chi connectivity index (χ2v) is 13.7. The smallest absolute Gasteiger partial charge is 0.331 e. The summed E-state index contributed by atoms with van der Waals surface area (Å²) in [7, 11) is 0. The summed E-state index contributed by atoms with van der Waals surface area (Å²) in [5.74, 6) is -1.38. The molecule has 0 bridgehead atoms. The molecule has 226 valence electrons. The first kappa shape index (κ1) is 28.9. The molecule has 1 saturated heterocycles. The number of esters is 1. The van der Waals surface area contributed by atoms with Crippen LogP contribution in [-0.4, -0.2) is 109 Å². The highest BCUT2D eigenvalue weighted by molar-refractivity contribution is 5.85. The number of aliphatic hydroxyl groups excluding tert-OH is 5. The lowest BCUT2D eigenvalue weighted by atomic mass is 9.40. The van der Waals surface area contributed by atoms with E-state index in [9.17, 15) is 40.5 Å². The fraction of sp³-hybridized carbons (Fsp3) is 0.897. The van der Waals surface area contributed by atoms with Crippen molar-refractivity contribution in [1.29, 1.82) is 0 Å². The summed E-state index contributed by atoms with van der Waals surface area (Å²) in [5.41, 5.74) is -3.43.